The minimum absolute atomic E-state index is 0.103. The van der Waals surface area contributed by atoms with Crippen molar-refractivity contribution in [1.29, 1.82) is 0 Å². The normalized spacial score (nSPS) is 25.8. The van der Waals surface area contributed by atoms with Crippen molar-refractivity contribution in [2.24, 2.45) is 5.92 Å². The fourth-order valence-electron chi connectivity index (χ4n) is 5.79. The molecule has 2 saturated heterocycles. The Bertz CT molecular complexity index is 1270. The van der Waals surface area contributed by atoms with Crippen molar-refractivity contribution in [3.8, 4) is 11.6 Å². The number of methoxy groups -OCH3 is 1. The second-order valence-electron chi connectivity index (χ2n) is 10.9. The summed E-state index contributed by atoms with van der Waals surface area (Å²) in [5, 5.41) is 3.10. The monoisotopic (exact) mass is 549 g/mol. The first-order valence-electron chi connectivity index (χ1n) is 13.9. The number of nitrogens with one attached hydrogen (secondary N) is 1. The van der Waals surface area contributed by atoms with Gasteiger partial charge in [0.15, 0.2) is 0 Å². The van der Waals surface area contributed by atoms with E-state index in [4.69, 9.17) is 14.2 Å². The standard InChI is InChI=1S/C29H35N5O6/c1-38-22-5-2-4-19(12-22)13-32-15-24-25(16-32)39-18-26(35)34-11-10-33(29(37)20-7-8-20)14-21(34)17-40-28-23(27(36)31-24)6-3-9-30-28/h2-6,9,12,20-21,24-25H,7-8,10-11,13-18H2,1H3,(H,31,36)/t21-,24+,25-/m0/s1. The van der Waals surface area contributed by atoms with E-state index in [-0.39, 0.29) is 60.9 Å². The average molecular weight is 550 g/mol. The molecule has 1 N–H and O–H groups in total. The van der Waals surface area contributed by atoms with Crippen molar-refractivity contribution in [3.63, 3.8) is 0 Å². The van der Waals surface area contributed by atoms with E-state index in [1.165, 1.54) is 0 Å². The number of carbonyl (C=O) groups excluding carboxylic acids is 3. The summed E-state index contributed by atoms with van der Waals surface area (Å²) in [6.45, 7) is 3.07. The molecule has 0 radical (unpaired) electrons. The largest absolute Gasteiger partial charge is 0.497 e. The van der Waals surface area contributed by atoms with E-state index in [2.05, 4.69) is 15.2 Å². The van der Waals surface area contributed by atoms with Crippen molar-refractivity contribution in [1.82, 2.24) is 25.0 Å². The Labute approximate surface area is 233 Å². The van der Waals surface area contributed by atoms with Gasteiger partial charge < -0.3 is 29.3 Å². The van der Waals surface area contributed by atoms with Crippen molar-refractivity contribution < 1.29 is 28.6 Å². The maximum Gasteiger partial charge on any atom is 0.257 e. The number of benzene rings is 1. The van der Waals surface area contributed by atoms with Gasteiger partial charge in [0, 0.05) is 51.4 Å². The number of fused-ring (bicyclic) bond motifs is 3. The van der Waals surface area contributed by atoms with Gasteiger partial charge in [-0.15, -0.1) is 0 Å². The molecule has 1 aliphatic carbocycles. The second-order valence-corrected chi connectivity index (χ2v) is 10.9. The van der Waals surface area contributed by atoms with Crippen LogP contribution in [0.25, 0.3) is 0 Å². The molecule has 212 valence electrons. The first-order valence-corrected chi connectivity index (χ1v) is 13.9. The van der Waals surface area contributed by atoms with Crippen molar-refractivity contribution >= 4 is 17.7 Å². The maximum atomic E-state index is 13.4. The van der Waals surface area contributed by atoms with Crippen molar-refractivity contribution in [2.75, 3.05) is 53.0 Å². The van der Waals surface area contributed by atoms with Gasteiger partial charge in [-0.05, 0) is 42.7 Å². The van der Waals surface area contributed by atoms with Gasteiger partial charge in [0.05, 0.1) is 25.3 Å². The van der Waals surface area contributed by atoms with E-state index in [1.807, 2.05) is 29.2 Å². The summed E-state index contributed by atoms with van der Waals surface area (Å²) in [5.41, 5.74) is 1.41. The summed E-state index contributed by atoms with van der Waals surface area (Å²) in [5.74, 6) is 0.791. The lowest BCUT2D eigenvalue weighted by molar-refractivity contribution is -0.149. The lowest BCUT2D eigenvalue weighted by Crippen LogP contribution is -2.59. The van der Waals surface area contributed by atoms with Crippen LogP contribution in [-0.4, -0.2) is 109 Å². The number of likely N-dealkylation sites (tertiary alicyclic amines) is 1. The van der Waals surface area contributed by atoms with E-state index in [0.717, 1.165) is 24.2 Å². The molecule has 3 atom stereocenters. The van der Waals surface area contributed by atoms with E-state index in [1.54, 1.807) is 30.3 Å². The number of ether oxygens (including phenoxy) is 3. The van der Waals surface area contributed by atoms with Gasteiger partial charge in [-0.1, -0.05) is 12.1 Å². The molecule has 0 spiro atoms. The van der Waals surface area contributed by atoms with Crippen LogP contribution < -0.4 is 14.8 Å². The summed E-state index contributed by atoms with van der Waals surface area (Å²) < 4.78 is 17.6. The highest BCUT2D eigenvalue weighted by molar-refractivity contribution is 5.96. The molecule has 1 aromatic carbocycles. The fraction of sp³-hybridized carbons (Fsp3) is 0.517. The van der Waals surface area contributed by atoms with Crippen LogP contribution in [0.5, 0.6) is 11.6 Å². The molecule has 11 heteroatoms. The Morgan fingerprint density at radius 1 is 1.12 bits per heavy atom. The van der Waals surface area contributed by atoms with Crippen LogP contribution in [0.2, 0.25) is 0 Å². The summed E-state index contributed by atoms with van der Waals surface area (Å²) in [6, 6.07) is 10.6. The number of aromatic nitrogens is 1. The molecule has 0 unspecified atom stereocenters. The number of hydrogen-bond donors (Lipinski definition) is 1. The highest BCUT2D eigenvalue weighted by Crippen LogP contribution is 2.32. The lowest BCUT2D eigenvalue weighted by Gasteiger charge is -2.41. The van der Waals surface area contributed by atoms with Gasteiger partial charge in [0.1, 0.15) is 24.5 Å². The van der Waals surface area contributed by atoms with Gasteiger partial charge >= 0.3 is 0 Å². The number of hydrogen-bond acceptors (Lipinski definition) is 8. The number of pyridine rings is 1. The van der Waals surface area contributed by atoms with E-state index in [9.17, 15) is 14.4 Å². The number of nitrogens with zero attached hydrogens (tertiary/aromatic N) is 4. The zero-order chi connectivity index (χ0) is 27.6. The quantitative estimate of drug-likeness (QED) is 0.600. The zero-order valence-corrected chi connectivity index (χ0v) is 22.7. The number of carbonyl (C=O) groups is 3. The molecule has 4 heterocycles. The van der Waals surface area contributed by atoms with E-state index >= 15 is 0 Å². The number of piperazine rings is 1. The van der Waals surface area contributed by atoms with Gasteiger partial charge in [0.2, 0.25) is 17.7 Å². The fourth-order valence-corrected chi connectivity index (χ4v) is 5.79. The van der Waals surface area contributed by atoms with Crippen LogP contribution in [-0.2, 0) is 20.9 Å². The number of amides is 3. The third-order valence-corrected chi connectivity index (χ3v) is 8.09. The molecule has 1 saturated carbocycles. The Kier molecular flexibility index (Phi) is 7.57. The van der Waals surface area contributed by atoms with E-state index in [0.29, 0.717) is 44.8 Å². The van der Waals surface area contributed by atoms with Crippen LogP contribution in [0.3, 0.4) is 0 Å². The minimum Gasteiger partial charge on any atom is -0.497 e. The Balaban J connectivity index is 1.22. The van der Waals surface area contributed by atoms with Gasteiger partial charge in [-0.25, -0.2) is 4.98 Å². The van der Waals surface area contributed by atoms with Gasteiger partial charge in [-0.3, -0.25) is 19.3 Å². The highest BCUT2D eigenvalue weighted by atomic mass is 16.5. The summed E-state index contributed by atoms with van der Waals surface area (Å²) >= 11 is 0. The molecule has 1 aromatic heterocycles. The lowest BCUT2D eigenvalue weighted by atomic mass is 10.1. The Hall–Kier alpha value is -3.70. The Morgan fingerprint density at radius 3 is 2.83 bits per heavy atom. The first kappa shape index (κ1) is 26.5. The smallest absolute Gasteiger partial charge is 0.257 e. The molecule has 3 amide bonds. The maximum absolute atomic E-state index is 13.4. The molecule has 6 rings (SSSR count). The predicted molar refractivity (Wildman–Crippen MR) is 144 cm³/mol. The zero-order valence-electron chi connectivity index (χ0n) is 22.7. The highest BCUT2D eigenvalue weighted by Gasteiger charge is 2.40. The molecule has 11 nitrogen and oxygen atoms in total. The summed E-state index contributed by atoms with van der Waals surface area (Å²) in [6.07, 6.45) is 3.05. The van der Waals surface area contributed by atoms with Crippen LogP contribution in [0.1, 0.15) is 28.8 Å². The molecule has 0 bridgehead atoms. The minimum atomic E-state index is -0.378. The second kappa shape index (κ2) is 11.4. The van der Waals surface area contributed by atoms with E-state index < -0.39 is 0 Å². The number of rotatable bonds is 4. The predicted octanol–water partition coefficient (Wildman–Crippen LogP) is 0.931. The third-order valence-electron chi connectivity index (χ3n) is 8.09. The van der Waals surface area contributed by atoms with Gasteiger partial charge in [-0.2, -0.15) is 0 Å². The molecule has 2 aromatic rings. The molecule has 40 heavy (non-hydrogen) atoms. The van der Waals surface area contributed by atoms with Gasteiger partial charge in [0.25, 0.3) is 5.91 Å². The average Bonchev–Trinajstić information content (AvgIpc) is 3.76. The molecule has 4 aliphatic rings. The van der Waals surface area contributed by atoms with Crippen molar-refractivity contribution in [3.05, 3.63) is 53.7 Å². The molecule has 3 fully saturated rings. The Morgan fingerprint density at radius 2 is 2.00 bits per heavy atom. The van der Waals surface area contributed by atoms with Crippen LogP contribution in [0.4, 0.5) is 0 Å². The SMILES string of the molecule is COc1cccc(CN2C[C@@H]3OCC(=O)N4CCN(C(=O)C5CC5)C[C@H]4COc4ncccc4C(=O)N[C@@H]3C2)c1. The summed E-state index contributed by atoms with van der Waals surface area (Å²) in [7, 11) is 1.64. The summed E-state index contributed by atoms with van der Waals surface area (Å²) in [4.78, 5) is 49.7. The van der Waals surface area contributed by atoms with Crippen LogP contribution >= 0.6 is 0 Å². The van der Waals surface area contributed by atoms with Crippen LogP contribution in [0.15, 0.2) is 42.6 Å². The van der Waals surface area contributed by atoms with Crippen molar-refractivity contribution in [2.45, 2.75) is 37.6 Å². The first-order chi connectivity index (χ1) is 19.5. The molecular formula is C29H35N5O6. The van der Waals surface area contributed by atoms with Crippen LogP contribution in [0, 0.1) is 5.92 Å². The topological polar surface area (TPSA) is 114 Å². The third kappa shape index (κ3) is 5.75. The molecular weight excluding hydrogens is 514 g/mol. The molecule has 3 aliphatic heterocycles.